The molecule has 0 saturated carbocycles. The first-order valence-electron chi connectivity index (χ1n) is 12.8. The van der Waals surface area contributed by atoms with Crippen molar-refractivity contribution in [2.24, 2.45) is 5.73 Å². The van der Waals surface area contributed by atoms with E-state index >= 15 is 0 Å². The van der Waals surface area contributed by atoms with Crippen LogP contribution >= 0.6 is 0 Å². The predicted molar refractivity (Wildman–Crippen MR) is 142 cm³/mol. The van der Waals surface area contributed by atoms with Crippen molar-refractivity contribution in [2.75, 3.05) is 31.1 Å². The maximum absolute atomic E-state index is 5.83. The van der Waals surface area contributed by atoms with E-state index in [-0.39, 0.29) is 0 Å². The molecule has 2 saturated heterocycles. The third-order valence-corrected chi connectivity index (χ3v) is 7.51. The zero-order valence-corrected chi connectivity index (χ0v) is 20.1. The molecule has 2 aromatic heterocycles. The van der Waals surface area contributed by atoms with Crippen LogP contribution in [-0.2, 0) is 6.54 Å². The van der Waals surface area contributed by atoms with E-state index in [1.165, 1.54) is 38.8 Å². The average molecular weight is 465 g/mol. The molecule has 0 amide bonds. The van der Waals surface area contributed by atoms with Crippen LogP contribution in [0.2, 0.25) is 0 Å². The first kappa shape index (κ1) is 22.1. The molecule has 6 rings (SSSR count). The van der Waals surface area contributed by atoms with E-state index in [0.717, 1.165) is 58.0 Å². The van der Waals surface area contributed by atoms with Crippen molar-refractivity contribution in [1.29, 1.82) is 0 Å². The summed E-state index contributed by atoms with van der Waals surface area (Å²) >= 11 is 0. The number of fused-ring (bicyclic) bond motifs is 1. The minimum atomic E-state index is 0.530. The van der Waals surface area contributed by atoms with E-state index < -0.39 is 0 Å². The summed E-state index contributed by atoms with van der Waals surface area (Å²) in [4.78, 5) is 19.8. The molecule has 2 aliphatic heterocycles. The zero-order chi connectivity index (χ0) is 23.6. The van der Waals surface area contributed by atoms with Crippen molar-refractivity contribution >= 4 is 17.0 Å². The van der Waals surface area contributed by atoms with Crippen LogP contribution in [0, 0.1) is 0 Å². The number of nitrogens with two attached hydrogens (primary N) is 1. The SMILES string of the molecule is NCc1ccc(-c2nc3nc(N4CCC(N5CCCC5)CC4)ncc3cc2-c2ccccc2)cc1. The van der Waals surface area contributed by atoms with E-state index in [2.05, 4.69) is 64.4 Å². The molecule has 4 aromatic rings. The molecule has 35 heavy (non-hydrogen) atoms. The number of nitrogens with zero attached hydrogens (tertiary/aromatic N) is 5. The molecule has 2 aliphatic rings. The Morgan fingerprint density at radius 3 is 2.29 bits per heavy atom. The van der Waals surface area contributed by atoms with Gasteiger partial charge in [-0.3, -0.25) is 0 Å². The second kappa shape index (κ2) is 9.72. The van der Waals surface area contributed by atoms with Gasteiger partial charge >= 0.3 is 0 Å². The zero-order valence-electron chi connectivity index (χ0n) is 20.1. The molecular weight excluding hydrogens is 432 g/mol. The number of anilines is 1. The number of likely N-dealkylation sites (tertiary alicyclic amines) is 1. The topological polar surface area (TPSA) is 71.2 Å². The Hall–Kier alpha value is -3.35. The number of rotatable bonds is 5. The maximum atomic E-state index is 5.83. The highest BCUT2D eigenvalue weighted by molar-refractivity contribution is 5.90. The van der Waals surface area contributed by atoms with Gasteiger partial charge in [-0.25, -0.2) is 9.97 Å². The molecular formula is C29H32N6. The monoisotopic (exact) mass is 464 g/mol. The molecule has 2 fully saturated rings. The Balaban J connectivity index is 1.35. The molecule has 0 spiro atoms. The number of aromatic nitrogens is 3. The second-order valence-electron chi connectivity index (χ2n) is 9.70. The quantitative estimate of drug-likeness (QED) is 0.454. The van der Waals surface area contributed by atoms with E-state index in [1.54, 1.807) is 0 Å². The summed E-state index contributed by atoms with van der Waals surface area (Å²) < 4.78 is 0. The van der Waals surface area contributed by atoms with Crippen LogP contribution in [0.5, 0.6) is 0 Å². The minimum Gasteiger partial charge on any atom is -0.341 e. The average Bonchev–Trinajstić information content (AvgIpc) is 3.48. The number of benzene rings is 2. The van der Waals surface area contributed by atoms with Gasteiger partial charge in [-0.2, -0.15) is 4.98 Å². The van der Waals surface area contributed by atoms with Crippen LogP contribution in [0.15, 0.2) is 66.9 Å². The van der Waals surface area contributed by atoms with Crippen molar-refractivity contribution in [3.63, 3.8) is 0 Å². The Bertz CT molecular complexity index is 1290. The highest BCUT2D eigenvalue weighted by Crippen LogP contribution is 2.33. The van der Waals surface area contributed by atoms with Crippen molar-refractivity contribution in [1.82, 2.24) is 19.9 Å². The fourth-order valence-electron chi connectivity index (χ4n) is 5.50. The van der Waals surface area contributed by atoms with Crippen LogP contribution in [-0.4, -0.2) is 52.1 Å². The molecule has 0 radical (unpaired) electrons. The fraction of sp³-hybridized carbons (Fsp3) is 0.345. The molecule has 0 atom stereocenters. The molecule has 2 aromatic carbocycles. The molecule has 6 heteroatoms. The van der Waals surface area contributed by atoms with Crippen molar-refractivity contribution < 1.29 is 0 Å². The van der Waals surface area contributed by atoms with Crippen LogP contribution in [0.4, 0.5) is 5.95 Å². The summed E-state index contributed by atoms with van der Waals surface area (Å²) in [5.74, 6) is 0.793. The minimum absolute atomic E-state index is 0.530. The Morgan fingerprint density at radius 1 is 0.829 bits per heavy atom. The van der Waals surface area contributed by atoms with Crippen LogP contribution in [0.3, 0.4) is 0 Å². The Labute approximate surface area is 206 Å². The first-order valence-corrected chi connectivity index (χ1v) is 12.8. The third kappa shape index (κ3) is 4.51. The molecule has 178 valence electrons. The van der Waals surface area contributed by atoms with E-state index in [1.807, 2.05) is 12.3 Å². The third-order valence-electron chi connectivity index (χ3n) is 7.51. The van der Waals surface area contributed by atoms with Gasteiger partial charge in [0.25, 0.3) is 0 Å². The molecule has 0 bridgehead atoms. The Kier molecular flexibility index (Phi) is 6.15. The van der Waals surface area contributed by atoms with Crippen molar-refractivity contribution in [3.05, 3.63) is 72.4 Å². The fourth-order valence-corrected chi connectivity index (χ4v) is 5.50. The van der Waals surface area contributed by atoms with Crippen LogP contribution in [0.1, 0.15) is 31.2 Å². The van der Waals surface area contributed by atoms with Gasteiger partial charge in [0.1, 0.15) is 0 Å². The largest absolute Gasteiger partial charge is 0.341 e. The second-order valence-corrected chi connectivity index (χ2v) is 9.70. The van der Waals surface area contributed by atoms with Gasteiger partial charge in [0, 0.05) is 48.4 Å². The molecule has 6 nitrogen and oxygen atoms in total. The van der Waals surface area contributed by atoms with E-state index in [4.69, 9.17) is 20.7 Å². The van der Waals surface area contributed by atoms with Gasteiger partial charge in [-0.05, 0) is 56.0 Å². The summed E-state index contributed by atoms with van der Waals surface area (Å²) in [6.45, 7) is 5.06. The normalized spacial score (nSPS) is 17.3. The summed E-state index contributed by atoms with van der Waals surface area (Å²) in [5, 5.41) is 0.960. The van der Waals surface area contributed by atoms with Crippen molar-refractivity contribution in [2.45, 2.75) is 38.3 Å². The molecule has 4 heterocycles. The van der Waals surface area contributed by atoms with Gasteiger partial charge < -0.3 is 15.5 Å². The number of hydrogen-bond donors (Lipinski definition) is 1. The number of hydrogen-bond acceptors (Lipinski definition) is 6. The lowest BCUT2D eigenvalue weighted by Gasteiger charge is -2.36. The highest BCUT2D eigenvalue weighted by Gasteiger charge is 2.27. The van der Waals surface area contributed by atoms with Crippen LogP contribution in [0.25, 0.3) is 33.4 Å². The molecule has 2 N–H and O–H groups in total. The van der Waals surface area contributed by atoms with Gasteiger partial charge in [0.15, 0.2) is 5.65 Å². The first-order chi connectivity index (χ1) is 17.3. The van der Waals surface area contributed by atoms with Gasteiger partial charge in [0.2, 0.25) is 5.95 Å². The predicted octanol–water partition coefficient (Wildman–Crippen LogP) is 4.88. The maximum Gasteiger partial charge on any atom is 0.227 e. The molecule has 0 unspecified atom stereocenters. The lowest BCUT2D eigenvalue weighted by molar-refractivity contribution is 0.207. The van der Waals surface area contributed by atoms with E-state index in [9.17, 15) is 0 Å². The summed E-state index contributed by atoms with van der Waals surface area (Å²) in [5.41, 5.74) is 11.9. The standard InChI is InChI=1S/C29H32N6/c30-19-21-8-10-23(11-9-21)27-26(22-6-2-1-3-7-22)18-24-20-31-29(33-28(24)32-27)35-16-12-25(13-17-35)34-14-4-5-15-34/h1-3,6-11,18,20,25H,4-5,12-17,19,30H2. The number of piperidine rings is 1. The summed E-state index contributed by atoms with van der Waals surface area (Å²) in [7, 11) is 0. The lowest BCUT2D eigenvalue weighted by atomic mass is 9.98. The summed E-state index contributed by atoms with van der Waals surface area (Å²) in [6, 6.07) is 21.7. The summed E-state index contributed by atoms with van der Waals surface area (Å²) in [6.07, 6.45) is 7.00. The Morgan fingerprint density at radius 2 is 1.57 bits per heavy atom. The van der Waals surface area contributed by atoms with Crippen molar-refractivity contribution in [3.8, 4) is 22.4 Å². The molecule has 0 aliphatic carbocycles. The van der Waals surface area contributed by atoms with E-state index in [0.29, 0.717) is 12.6 Å². The van der Waals surface area contributed by atoms with Crippen LogP contribution < -0.4 is 10.6 Å². The van der Waals surface area contributed by atoms with Gasteiger partial charge in [-0.1, -0.05) is 54.6 Å². The van der Waals surface area contributed by atoms with Gasteiger partial charge in [0.05, 0.1) is 5.69 Å². The highest BCUT2D eigenvalue weighted by atomic mass is 15.3. The lowest BCUT2D eigenvalue weighted by Crippen LogP contribution is -2.44. The van der Waals surface area contributed by atoms with Gasteiger partial charge in [-0.15, -0.1) is 0 Å². The smallest absolute Gasteiger partial charge is 0.227 e. The number of pyridine rings is 1.